The number of nitrogens with one attached hydrogen (secondary N) is 1. The van der Waals surface area contributed by atoms with Gasteiger partial charge in [0.2, 0.25) is 0 Å². The zero-order valence-electron chi connectivity index (χ0n) is 14.1. The summed E-state index contributed by atoms with van der Waals surface area (Å²) in [4.78, 5) is 9.42. The molecule has 1 unspecified atom stereocenters. The largest absolute Gasteiger partial charge is 0.358 e. The molecule has 0 aliphatic carbocycles. The van der Waals surface area contributed by atoms with Gasteiger partial charge in [0.05, 0.1) is 0 Å². The molecule has 1 fully saturated rings. The molecule has 3 rings (SSSR count). The quantitative estimate of drug-likeness (QED) is 0.919. The third-order valence-corrected chi connectivity index (χ3v) is 4.61. The van der Waals surface area contributed by atoms with Crippen molar-refractivity contribution in [3.63, 3.8) is 0 Å². The Morgan fingerprint density at radius 2 is 2.00 bits per heavy atom. The molecule has 1 aliphatic heterocycles. The predicted octanol–water partition coefficient (Wildman–Crippen LogP) is 2.48. The lowest BCUT2D eigenvalue weighted by Crippen LogP contribution is -2.51. The van der Waals surface area contributed by atoms with Gasteiger partial charge < -0.3 is 10.2 Å². The van der Waals surface area contributed by atoms with Crippen molar-refractivity contribution in [1.82, 2.24) is 15.2 Å². The van der Waals surface area contributed by atoms with Crippen LogP contribution in [0.15, 0.2) is 48.7 Å². The molecule has 122 valence electrons. The molecule has 0 radical (unpaired) electrons. The lowest BCUT2D eigenvalue weighted by Gasteiger charge is -2.35. The Morgan fingerprint density at radius 1 is 1.17 bits per heavy atom. The maximum atomic E-state index is 4.63. The smallest absolute Gasteiger partial charge is 0.128 e. The first-order valence-electron chi connectivity index (χ1n) is 8.41. The van der Waals surface area contributed by atoms with Crippen LogP contribution in [0.4, 0.5) is 5.82 Å². The van der Waals surface area contributed by atoms with Crippen molar-refractivity contribution in [3.05, 3.63) is 48.7 Å². The molecule has 0 spiro atoms. The molecular weight excluding hydrogens is 284 g/mol. The number of rotatable bonds is 5. The first-order valence-corrected chi connectivity index (χ1v) is 8.41. The Hall–Kier alpha value is -1.91. The van der Waals surface area contributed by atoms with Crippen LogP contribution in [0, 0.1) is 0 Å². The molecule has 0 amide bonds. The number of hydrogen-bond acceptors (Lipinski definition) is 4. The van der Waals surface area contributed by atoms with Crippen LogP contribution in [0.3, 0.4) is 0 Å². The SMILES string of the molecule is CC1CNCCN1CCN(C)c1ccc(-c2ccccc2)cn1. The van der Waals surface area contributed by atoms with E-state index < -0.39 is 0 Å². The minimum Gasteiger partial charge on any atom is -0.358 e. The zero-order chi connectivity index (χ0) is 16.1. The van der Waals surface area contributed by atoms with Crippen molar-refractivity contribution in [1.29, 1.82) is 0 Å². The van der Waals surface area contributed by atoms with Gasteiger partial charge in [-0.05, 0) is 24.6 Å². The summed E-state index contributed by atoms with van der Waals surface area (Å²) >= 11 is 0. The highest BCUT2D eigenvalue weighted by Gasteiger charge is 2.17. The number of hydrogen-bond donors (Lipinski definition) is 1. The van der Waals surface area contributed by atoms with Gasteiger partial charge in [0, 0.05) is 57.6 Å². The van der Waals surface area contributed by atoms with Crippen LogP contribution >= 0.6 is 0 Å². The monoisotopic (exact) mass is 310 g/mol. The van der Waals surface area contributed by atoms with Crippen molar-refractivity contribution in [2.45, 2.75) is 13.0 Å². The Morgan fingerprint density at radius 3 is 2.70 bits per heavy atom. The highest BCUT2D eigenvalue weighted by atomic mass is 15.2. The van der Waals surface area contributed by atoms with Crippen LogP contribution in [0.2, 0.25) is 0 Å². The summed E-state index contributed by atoms with van der Waals surface area (Å²) in [5.74, 6) is 1.03. The molecule has 1 saturated heterocycles. The molecule has 2 heterocycles. The molecule has 1 atom stereocenters. The van der Waals surface area contributed by atoms with E-state index >= 15 is 0 Å². The van der Waals surface area contributed by atoms with E-state index in [0.717, 1.165) is 38.5 Å². The summed E-state index contributed by atoms with van der Waals surface area (Å²) in [5.41, 5.74) is 2.38. The van der Waals surface area contributed by atoms with E-state index in [9.17, 15) is 0 Å². The van der Waals surface area contributed by atoms with E-state index in [2.05, 4.69) is 70.5 Å². The number of aromatic nitrogens is 1. The van der Waals surface area contributed by atoms with Crippen molar-refractivity contribution < 1.29 is 0 Å². The minimum atomic E-state index is 0.616. The number of pyridine rings is 1. The maximum absolute atomic E-state index is 4.63. The summed E-state index contributed by atoms with van der Waals surface area (Å²) < 4.78 is 0. The second kappa shape index (κ2) is 7.57. The average molecular weight is 310 g/mol. The molecule has 2 aromatic rings. The lowest BCUT2D eigenvalue weighted by molar-refractivity contribution is 0.178. The molecule has 1 aliphatic rings. The molecule has 4 heteroatoms. The minimum absolute atomic E-state index is 0.616. The van der Waals surface area contributed by atoms with Gasteiger partial charge in [0.1, 0.15) is 5.82 Å². The van der Waals surface area contributed by atoms with Gasteiger partial charge in [-0.2, -0.15) is 0 Å². The highest BCUT2D eigenvalue weighted by Crippen LogP contribution is 2.20. The van der Waals surface area contributed by atoms with Crippen molar-refractivity contribution in [2.24, 2.45) is 0 Å². The predicted molar refractivity (Wildman–Crippen MR) is 96.8 cm³/mol. The van der Waals surface area contributed by atoms with E-state index in [0.29, 0.717) is 6.04 Å². The molecule has 1 N–H and O–H groups in total. The normalized spacial score (nSPS) is 18.8. The van der Waals surface area contributed by atoms with Crippen molar-refractivity contribution >= 4 is 5.82 Å². The van der Waals surface area contributed by atoms with E-state index in [1.54, 1.807) is 0 Å². The molecule has 23 heavy (non-hydrogen) atoms. The van der Waals surface area contributed by atoms with Crippen molar-refractivity contribution in [2.75, 3.05) is 44.7 Å². The van der Waals surface area contributed by atoms with Crippen molar-refractivity contribution in [3.8, 4) is 11.1 Å². The van der Waals surface area contributed by atoms with E-state index in [-0.39, 0.29) is 0 Å². The van der Waals surface area contributed by atoms with Crippen LogP contribution in [0.25, 0.3) is 11.1 Å². The summed E-state index contributed by atoms with van der Waals surface area (Å²) in [6, 6.07) is 15.3. The standard InChI is InChI=1S/C19H26N4/c1-16-14-20-10-11-23(16)13-12-22(2)19-9-8-18(15-21-19)17-6-4-3-5-7-17/h3-9,15-16,20H,10-14H2,1-2H3. The highest BCUT2D eigenvalue weighted by molar-refractivity contribution is 5.63. The third kappa shape index (κ3) is 4.09. The van der Waals surface area contributed by atoms with Gasteiger partial charge >= 0.3 is 0 Å². The topological polar surface area (TPSA) is 31.4 Å². The number of benzene rings is 1. The molecule has 4 nitrogen and oxygen atoms in total. The Balaban J connectivity index is 1.58. The fourth-order valence-electron chi connectivity index (χ4n) is 3.02. The first-order chi connectivity index (χ1) is 11.2. The van der Waals surface area contributed by atoms with Gasteiger partial charge in [-0.1, -0.05) is 30.3 Å². The fraction of sp³-hybridized carbons (Fsp3) is 0.421. The van der Waals surface area contributed by atoms with Crippen LogP contribution in [0.5, 0.6) is 0 Å². The zero-order valence-corrected chi connectivity index (χ0v) is 14.1. The molecular formula is C19H26N4. The lowest BCUT2D eigenvalue weighted by atomic mass is 10.1. The molecule has 1 aromatic heterocycles. The number of anilines is 1. The Kier molecular flexibility index (Phi) is 5.26. The molecule has 0 saturated carbocycles. The van der Waals surface area contributed by atoms with Crippen LogP contribution in [-0.2, 0) is 0 Å². The maximum Gasteiger partial charge on any atom is 0.128 e. The van der Waals surface area contributed by atoms with Gasteiger partial charge in [0.15, 0.2) is 0 Å². The third-order valence-electron chi connectivity index (χ3n) is 4.61. The van der Waals surface area contributed by atoms with Gasteiger partial charge in [-0.3, -0.25) is 4.90 Å². The summed E-state index contributed by atoms with van der Waals surface area (Å²) in [7, 11) is 2.12. The second-order valence-electron chi connectivity index (χ2n) is 6.28. The Bertz CT molecular complexity index is 597. The van der Waals surface area contributed by atoms with Gasteiger partial charge in [-0.15, -0.1) is 0 Å². The number of likely N-dealkylation sites (N-methyl/N-ethyl adjacent to an activating group) is 1. The first kappa shape index (κ1) is 16.0. The Labute approximate surface area is 139 Å². The second-order valence-corrected chi connectivity index (χ2v) is 6.28. The van der Waals surface area contributed by atoms with Crippen LogP contribution < -0.4 is 10.2 Å². The average Bonchev–Trinajstić information content (AvgIpc) is 2.62. The summed E-state index contributed by atoms with van der Waals surface area (Å²) in [6.45, 7) is 7.70. The molecule has 1 aromatic carbocycles. The summed E-state index contributed by atoms with van der Waals surface area (Å²) in [6.07, 6.45) is 1.97. The van der Waals surface area contributed by atoms with Crippen LogP contribution in [0.1, 0.15) is 6.92 Å². The van der Waals surface area contributed by atoms with Crippen LogP contribution in [-0.4, -0.2) is 55.7 Å². The number of piperazine rings is 1. The number of nitrogens with zero attached hydrogens (tertiary/aromatic N) is 3. The van der Waals surface area contributed by atoms with E-state index in [1.807, 2.05) is 12.3 Å². The summed E-state index contributed by atoms with van der Waals surface area (Å²) in [5, 5.41) is 3.44. The van der Waals surface area contributed by atoms with E-state index in [4.69, 9.17) is 0 Å². The van der Waals surface area contributed by atoms with E-state index in [1.165, 1.54) is 11.1 Å². The fourth-order valence-corrected chi connectivity index (χ4v) is 3.02. The molecule has 0 bridgehead atoms. The van der Waals surface area contributed by atoms with Gasteiger partial charge in [-0.25, -0.2) is 4.98 Å². The van der Waals surface area contributed by atoms with Gasteiger partial charge in [0.25, 0.3) is 0 Å².